The summed E-state index contributed by atoms with van der Waals surface area (Å²) in [6.07, 6.45) is 5.35. The Kier molecular flexibility index (Phi) is 2.12. The summed E-state index contributed by atoms with van der Waals surface area (Å²) in [5.74, 6) is 0. The lowest BCUT2D eigenvalue weighted by Crippen LogP contribution is -2.44. The van der Waals surface area contributed by atoms with E-state index < -0.39 is 0 Å². The van der Waals surface area contributed by atoms with Gasteiger partial charge in [0.1, 0.15) is 6.33 Å². The number of pyridine rings is 1. The number of nitrogens with zero attached hydrogens (tertiary/aromatic N) is 3. The molecule has 1 aliphatic carbocycles. The van der Waals surface area contributed by atoms with Crippen molar-refractivity contribution >= 4 is 0 Å². The lowest BCUT2D eigenvalue weighted by Gasteiger charge is -2.46. The molecule has 0 aromatic carbocycles. The minimum Gasteiger partial charge on any atom is -0.256 e. The molecule has 0 spiro atoms. The highest BCUT2D eigenvalue weighted by atomic mass is 14.9. The van der Waals surface area contributed by atoms with Gasteiger partial charge in [-0.25, -0.2) is 9.97 Å². The molecular weight excluding hydrogens is 222 g/mol. The van der Waals surface area contributed by atoms with E-state index in [0.717, 1.165) is 17.0 Å². The summed E-state index contributed by atoms with van der Waals surface area (Å²) < 4.78 is 0. The van der Waals surface area contributed by atoms with Gasteiger partial charge in [0.2, 0.25) is 0 Å². The molecular formula is C15H17N3. The van der Waals surface area contributed by atoms with Crippen LogP contribution in [0.25, 0.3) is 11.3 Å². The molecule has 0 fully saturated rings. The Morgan fingerprint density at radius 1 is 1.00 bits per heavy atom. The maximum atomic E-state index is 4.54. The van der Waals surface area contributed by atoms with Crippen molar-refractivity contribution in [3.8, 4) is 11.3 Å². The molecule has 92 valence electrons. The number of rotatable bonds is 0. The fourth-order valence-corrected chi connectivity index (χ4v) is 2.76. The number of aromatic nitrogens is 3. The first-order valence-corrected chi connectivity index (χ1v) is 6.22. The smallest absolute Gasteiger partial charge is 0.115 e. The predicted octanol–water partition coefficient (Wildman–Crippen LogP) is 3.11. The van der Waals surface area contributed by atoms with Gasteiger partial charge in [-0.15, -0.1) is 0 Å². The molecule has 2 aromatic rings. The molecule has 0 saturated carbocycles. The van der Waals surface area contributed by atoms with E-state index in [2.05, 4.69) is 48.7 Å². The number of fused-ring (bicyclic) bond motifs is 3. The summed E-state index contributed by atoms with van der Waals surface area (Å²) in [5.41, 5.74) is 4.42. The Labute approximate surface area is 107 Å². The molecule has 18 heavy (non-hydrogen) atoms. The third kappa shape index (κ3) is 1.22. The van der Waals surface area contributed by atoms with Crippen molar-refractivity contribution in [1.29, 1.82) is 0 Å². The summed E-state index contributed by atoms with van der Waals surface area (Å²) in [6.45, 7) is 9.01. The van der Waals surface area contributed by atoms with Gasteiger partial charge in [-0.1, -0.05) is 33.8 Å². The molecule has 0 unspecified atom stereocenters. The van der Waals surface area contributed by atoms with Gasteiger partial charge in [-0.05, 0) is 11.6 Å². The molecule has 3 rings (SSSR count). The first-order chi connectivity index (χ1) is 8.46. The molecule has 1 aliphatic rings. The van der Waals surface area contributed by atoms with Gasteiger partial charge < -0.3 is 0 Å². The lowest BCUT2D eigenvalue weighted by molar-refractivity contribution is 0.290. The monoisotopic (exact) mass is 239 g/mol. The van der Waals surface area contributed by atoms with Crippen LogP contribution in [-0.2, 0) is 10.8 Å². The minimum atomic E-state index is -0.0404. The summed E-state index contributed by atoms with van der Waals surface area (Å²) in [5, 5.41) is 0. The van der Waals surface area contributed by atoms with Gasteiger partial charge in [0.05, 0.1) is 11.4 Å². The highest BCUT2D eigenvalue weighted by molar-refractivity contribution is 5.71. The minimum absolute atomic E-state index is 0.00204. The average molecular weight is 239 g/mol. The Bertz CT molecular complexity index is 559. The molecule has 0 bridgehead atoms. The fourth-order valence-electron chi connectivity index (χ4n) is 2.76. The molecule has 0 atom stereocenters. The summed E-state index contributed by atoms with van der Waals surface area (Å²) in [4.78, 5) is 13.2. The first kappa shape index (κ1) is 11.3. The Morgan fingerprint density at radius 3 is 2.56 bits per heavy atom. The van der Waals surface area contributed by atoms with Crippen LogP contribution in [0.15, 0.2) is 30.9 Å². The molecule has 3 nitrogen and oxygen atoms in total. The zero-order valence-electron chi connectivity index (χ0n) is 11.2. The summed E-state index contributed by atoms with van der Waals surface area (Å²) in [7, 11) is 0. The van der Waals surface area contributed by atoms with E-state index in [4.69, 9.17) is 0 Å². The molecule has 0 aliphatic heterocycles. The van der Waals surface area contributed by atoms with Gasteiger partial charge in [-0.2, -0.15) is 0 Å². The van der Waals surface area contributed by atoms with Crippen molar-refractivity contribution in [3.05, 3.63) is 42.1 Å². The molecule has 0 radical (unpaired) electrons. The van der Waals surface area contributed by atoms with E-state index in [1.54, 1.807) is 6.33 Å². The van der Waals surface area contributed by atoms with Crippen LogP contribution in [0.3, 0.4) is 0 Å². The van der Waals surface area contributed by atoms with Crippen LogP contribution in [-0.4, -0.2) is 15.0 Å². The first-order valence-electron chi connectivity index (χ1n) is 6.22. The predicted molar refractivity (Wildman–Crippen MR) is 71.3 cm³/mol. The van der Waals surface area contributed by atoms with Crippen LogP contribution in [0.1, 0.15) is 39.0 Å². The van der Waals surface area contributed by atoms with Crippen LogP contribution >= 0.6 is 0 Å². The standard InChI is InChI=1S/C15H17N3/c1-14(2)11-6-5-7-17-12(11)10-8-16-9-18-13(10)15(14,3)4/h5-9H,1-4H3. The van der Waals surface area contributed by atoms with Crippen molar-refractivity contribution < 1.29 is 0 Å². The van der Waals surface area contributed by atoms with Gasteiger partial charge in [0, 0.05) is 28.8 Å². The summed E-state index contributed by atoms with van der Waals surface area (Å²) in [6, 6.07) is 4.17. The van der Waals surface area contributed by atoms with Crippen LogP contribution in [0.5, 0.6) is 0 Å². The van der Waals surface area contributed by atoms with E-state index in [9.17, 15) is 0 Å². The van der Waals surface area contributed by atoms with E-state index in [1.807, 2.05) is 18.5 Å². The van der Waals surface area contributed by atoms with Crippen molar-refractivity contribution in [2.75, 3.05) is 0 Å². The zero-order chi connectivity index (χ0) is 13.0. The maximum Gasteiger partial charge on any atom is 0.115 e. The molecule has 3 heteroatoms. The quantitative estimate of drug-likeness (QED) is 0.709. The Hall–Kier alpha value is -1.77. The summed E-state index contributed by atoms with van der Waals surface area (Å²) >= 11 is 0. The van der Waals surface area contributed by atoms with Gasteiger partial charge in [0.15, 0.2) is 0 Å². The number of hydrogen-bond donors (Lipinski definition) is 0. The van der Waals surface area contributed by atoms with Crippen molar-refractivity contribution in [1.82, 2.24) is 15.0 Å². The Balaban J connectivity index is 2.43. The average Bonchev–Trinajstić information content (AvgIpc) is 2.37. The zero-order valence-corrected chi connectivity index (χ0v) is 11.2. The topological polar surface area (TPSA) is 38.7 Å². The van der Waals surface area contributed by atoms with Crippen LogP contribution in [0.2, 0.25) is 0 Å². The molecule has 0 saturated heterocycles. The van der Waals surface area contributed by atoms with Crippen molar-refractivity contribution in [3.63, 3.8) is 0 Å². The fraction of sp³-hybridized carbons (Fsp3) is 0.400. The van der Waals surface area contributed by atoms with Crippen LogP contribution in [0.4, 0.5) is 0 Å². The van der Waals surface area contributed by atoms with Crippen LogP contribution < -0.4 is 0 Å². The van der Waals surface area contributed by atoms with Crippen molar-refractivity contribution in [2.24, 2.45) is 0 Å². The molecule has 0 N–H and O–H groups in total. The third-order valence-corrected chi connectivity index (χ3v) is 4.60. The largest absolute Gasteiger partial charge is 0.256 e. The second-order valence-electron chi connectivity index (χ2n) is 5.93. The van der Waals surface area contributed by atoms with Gasteiger partial charge in [0.25, 0.3) is 0 Å². The van der Waals surface area contributed by atoms with E-state index in [0.29, 0.717) is 0 Å². The SMILES string of the molecule is CC1(C)c2cccnc2-c2cncnc2C1(C)C. The third-order valence-electron chi connectivity index (χ3n) is 4.60. The second-order valence-corrected chi connectivity index (χ2v) is 5.93. The van der Waals surface area contributed by atoms with E-state index in [1.165, 1.54) is 5.56 Å². The van der Waals surface area contributed by atoms with E-state index >= 15 is 0 Å². The van der Waals surface area contributed by atoms with Gasteiger partial charge in [-0.3, -0.25) is 4.98 Å². The highest BCUT2D eigenvalue weighted by Gasteiger charge is 2.47. The molecule has 2 heterocycles. The van der Waals surface area contributed by atoms with Crippen molar-refractivity contribution in [2.45, 2.75) is 38.5 Å². The van der Waals surface area contributed by atoms with Crippen LogP contribution in [0, 0.1) is 0 Å². The lowest BCUT2D eigenvalue weighted by atomic mass is 9.58. The number of hydrogen-bond acceptors (Lipinski definition) is 3. The maximum absolute atomic E-state index is 4.54. The molecule has 2 aromatic heterocycles. The Morgan fingerprint density at radius 2 is 1.78 bits per heavy atom. The normalized spacial score (nSPS) is 18.9. The second kappa shape index (κ2) is 3.37. The highest BCUT2D eigenvalue weighted by Crippen LogP contribution is 2.51. The molecule has 0 amide bonds. The van der Waals surface area contributed by atoms with Gasteiger partial charge >= 0.3 is 0 Å². The van der Waals surface area contributed by atoms with E-state index in [-0.39, 0.29) is 10.8 Å².